The summed E-state index contributed by atoms with van der Waals surface area (Å²) in [6.45, 7) is 0. The molecule has 0 aromatic heterocycles. The summed E-state index contributed by atoms with van der Waals surface area (Å²) in [4.78, 5) is 0. The van der Waals surface area contributed by atoms with Gasteiger partial charge in [0.25, 0.3) is 0 Å². The summed E-state index contributed by atoms with van der Waals surface area (Å²) in [5, 5.41) is -0.537. The number of hydrogen-bond acceptors (Lipinski definition) is 2. The van der Waals surface area contributed by atoms with E-state index in [2.05, 4.69) is 0 Å². The quantitative estimate of drug-likeness (QED) is 0.789. The first-order valence-electron chi connectivity index (χ1n) is 6.82. The second-order valence-corrected chi connectivity index (χ2v) is 8.10. The lowest BCUT2D eigenvalue weighted by molar-refractivity contribution is 0.597. The molecular formula is C17H15ClO2S. The Bertz CT molecular complexity index is 713. The minimum absolute atomic E-state index is 0.472. The van der Waals surface area contributed by atoms with Crippen LogP contribution < -0.4 is 0 Å². The van der Waals surface area contributed by atoms with Gasteiger partial charge < -0.3 is 0 Å². The molecule has 0 unspecified atom stereocenters. The third-order valence-corrected chi connectivity index (χ3v) is 5.76. The Labute approximate surface area is 129 Å². The van der Waals surface area contributed by atoms with Crippen LogP contribution in [0, 0.1) is 0 Å². The highest BCUT2D eigenvalue weighted by molar-refractivity contribution is 8.14. The fourth-order valence-corrected chi connectivity index (χ4v) is 3.95. The van der Waals surface area contributed by atoms with Gasteiger partial charge in [0.2, 0.25) is 9.05 Å². The summed E-state index contributed by atoms with van der Waals surface area (Å²) in [6.07, 6.45) is 0.945. The van der Waals surface area contributed by atoms with E-state index in [4.69, 9.17) is 10.7 Å². The minimum atomic E-state index is -3.55. The molecule has 0 spiro atoms. The lowest BCUT2D eigenvalue weighted by Crippen LogP contribution is -2.12. The number of benzene rings is 2. The Kier molecular flexibility index (Phi) is 3.87. The van der Waals surface area contributed by atoms with Crippen LogP contribution in [-0.4, -0.2) is 13.7 Å². The molecule has 3 rings (SSSR count). The van der Waals surface area contributed by atoms with Crippen molar-refractivity contribution in [2.75, 3.05) is 0 Å². The third kappa shape index (κ3) is 3.04. The highest BCUT2D eigenvalue weighted by Gasteiger charge is 2.33. The van der Waals surface area contributed by atoms with Crippen LogP contribution in [0.15, 0.2) is 60.7 Å². The first kappa shape index (κ1) is 14.4. The predicted octanol–water partition coefficient (Wildman–Crippen LogP) is 4.33. The van der Waals surface area contributed by atoms with E-state index < -0.39 is 14.3 Å². The molecule has 0 N–H and O–H groups in total. The van der Waals surface area contributed by atoms with Gasteiger partial charge in [-0.2, -0.15) is 0 Å². The highest BCUT2D eigenvalue weighted by atomic mass is 35.7. The summed E-state index contributed by atoms with van der Waals surface area (Å²) < 4.78 is 23.5. The first-order valence-corrected chi connectivity index (χ1v) is 9.19. The maximum Gasteiger partial charge on any atom is 0.236 e. The van der Waals surface area contributed by atoms with Crippen LogP contribution >= 0.6 is 10.7 Å². The van der Waals surface area contributed by atoms with Gasteiger partial charge in [-0.15, -0.1) is 0 Å². The molecule has 0 aliphatic heterocycles. The molecule has 1 aliphatic carbocycles. The lowest BCUT2D eigenvalue weighted by atomic mass is 9.97. The molecule has 0 fully saturated rings. The molecule has 1 aliphatic rings. The summed E-state index contributed by atoms with van der Waals surface area (Å²) in [5.74, 6) is 0. The van der Waals surface area contributed by atoms with Crippen LogP contribution in [0.1, 0.15) is 24.0 Å². The third-order valence-electron chi connectivity index (χ3n) is 3.87. The summed E-state index contributed by atoms with van der Waals surface area (Å²) >= 11 is 0. The maximum atomic E-state index is 11.7. The van der Waals surface area contributed by atoms with Gasteiger partial charge in [0.05, 0.1) is 5.25 Å². The summed E-state index contributed by atoms with van der Waals surface area (Å²) in [7, 11) is 2.04. The van der Waals surface area contributed by atoms with Crippen molar-refractivity contribution in [2.24, 2.45) is 0 Å². The summed E-state index contributed by atoms with van der Waals surface area (Å²) in [5.41, 5.74) is 4.30. The number of hydrogen-bond donors (Lipinski definition) is 0. The van der Waals surface area contributed by atoms with E-state index in [0.717, 1.165) is 22.3 Å². The van der Waals surface area contributed by atoms with Crippen LogP contribution in [0.3, 0.4) is 0 Å². The molecular weight excluding hydrogens is 304 g/mol. The van der Waals surface area contributed by atoms with E-state index in [0.29, 0.717) is 12.8 Å². The largest absolute Gasteiger partial charge is 0.236 e. The molecule has 21 heavy (non-hydrogen) atoms. The molecule has 0 saturated carbocycles. The van der Waals surface area contributed by atoms with Crippen LogP contribution in [-0.2, 0) is 9.05 Å². The van der Waals surface area contributed by atoms with Gasteiger partial charge in [0.1, 0.15) is 0 Å². The number of rotatable bonds is 3. The van der Waals surface area contributed by atoms with E-state index in [1.54, 1.807) is 0 Å². The van der Waals surface area contributed by atoms with Gasteiger partial charge in [0, 0.05) is 10.7 Å². The SMILES string of the molecule is O=S(=O)(Cl)C1CC(c2ccccc2)=C(c2ccccc2)C1. The molecule has 0 heterocycles. The van der Waals surface area contributed by atoms with Gasteiger partial charge in [-0.3, -0.25) is 0 Å². The van der Waals surface area contributed by atoms with Gasteiger partial charge in [-0.25, -0.2) is 8.42 Å². The molecule has 0 amide bonds. The monoisotopic (exact) mass is 318 g/mol. The van der Waals surface area contributed by atoms with Crippen LogP contribution in [0.2, 0.25) is 0 Å². The zero-order valence-corrected chi connectivity index (χ0v) is 12.9. The summed E-state index contributed by atoms with van der Waals surface area (Å²) in [6, 6.07) is 19.8. The second-order valence-electron chi connectivity index (χ2n) is 5.19. The van der Waals surface area contributed by atoms with Crippen molar-refractivity contribution < 1.29 is 8.42 Å². The number of allylic oxidation sites excluding steroid dienone is 2. The topological polar surface area (TPSA) is 34.1 Å². The highest BCUT2D eigenvalue weighted by Crippen LogP contribution is 2.43. The van der Waals surface area contributed by atoms with Gasteiger partial charge in [0.15, 0.2) is 0 Å². The Hall–Kier alpha value is -1.58. The van der Waals surface area contributed by atoms with Crippen molar-refractivity contribution in [1.29, 1.82) is 0 Å². The average molecular weight is 319 g/mol. The maximum absolute atomic E-state index is 11.7. The smallest absolute Gasteiger partial charge is 0.212 e. The second kappa shape index (κ2) is 5.66. The standard InChI is InChI=1S/C17H15ClO2S/c18-21(19,20)15-11-16(13-7-3-1-4-8-13)17(12-15)14-9-5-2-6-10-14/h1-10,15H,11-12H2. The van der Waals surface area contributed by atoms with Crippen LogP contribution in [0.5, 0.6) is 0 Å². The number of halogens is 1. The van der Waals surface area contributed by atoms with E-state index in [1.165, 1.54) is 0 Å². The van der Waals surface area contributed by atoms with E-state index >= 15 is 0 Å². The molecule has 0 atom stereocenters. The molecule has 0 saturated heterocycles. The first-order chi connectivity index (χ1) is 10.1. The lowest BCUT2D eigenvalue weighted by Gasteiger charge is -2.07. The zero-order chi connectivity index (χ0) is 14.9. The van der Waals surface area contributed by atoms with Gasteiger partial charge in [-0.1, -0.05) is 60.7 Å². The van der Waals surface area contributed by atoms with E-state index in [-0.39, 0.29) is 0 Å². The molecule has 2 nitrogen and oxygen atoms in total. The van der Waals surface area contributed by atoms with E-state index in [9.17, 15) is 8.42 Å². The van der Waals surface area contributed by atoms with E-state index in [1.807, 2.05) is 60.7 Å². The zero-order valence-electron chi connectivity index (χ0n) is 11.4. The molecule has 2 aromatic rings. The Morgan fingerprint density at radius 1 is 0.762 bits per heavy atom. The van der Waals surface area contributed by atoms with Crippen molar-refractivity contribution in [3.8, 4) is 0 Å². The van der Waals surface area contributed by atoms with Gasteiger partial charge >= 0.3 is 0 Å². The fourth-order valence-electron chi connectivity index (χ4n) is 2.84. The molecule has 108 valence electrons. The van der Waals surface area contributed by atoms with Crippen LogP contribution in [0.4, 0.5) is 0 Å². The van der Waals surface area contributed by atoms with Gasteiger partial charge in [-0.05, 0) is 35.1 Å². The Morgan fingerprint density at radius 3 is 1.48 bits per heavy atom. The van der Waals surface area contributed by atoms with Crippen LogP contribution in [0.25, 0.3) is 11.1 Å². The Balaban J connectivity index is 2.09. The molecule has 4 heteroatoms. The van der Waals surface area contributed by atoms with Crippen molar-refractivity contribution in [3.05, 3.63) is 71.8 Å². The predicted molar refractivity (Wildman–Crippen MR) is 87.5 cm³/mol. The molecule has 0 bridgehead atoms. The fraction of sp³-hybridized carbons (Fsp3) is 0.176. The average Bonchev–Trinajstić information content (AvgIpc) is 2.94. The van der Waals surface area contributed by atoms with Crippen molar-refractivity contribution in [1.82, 2.24) is 0 Å². The molecule has 0 radical (unpaired) electrons. The molecule has 2 aromatic carbocycles. The normalized spacial score (nSPS) is 16.4. The van der Waals surface area contributed by atoms with Crippen molar-refractivity contribution >= 4 is 30.9 Å². The Morgan fingerprint density at radius 2 is 1.14 bits per heavy atom. The van der Waals surface area contributed by atoms with Crippen molar-refractivity contribution in [2.45, 2.75) is 18.1 Å². The minimum Gasteiger partial charge on any atom is -0.212 e. The van der Waals surface area contributed by atoms with Crippen molar-refractivity contribution in [3.63, 3.8) is 0 Å².